The highest BCUT2D eigenvalue weighted by Crippen LogP contribution is 2.32. The largest absolute Gasteiger partial charge is 0.481 e. The van der Waals surface area contributed by atoms with E-state index in [1.54, 1.807) is 0 Å². The van der Waals surface area contributed by atoms with Gasteiger partial charge in [-0.25, -0.2) is 0 Å². The van der Waals surface area contributed by atoms with Crippen LogP contribution in [0.25, 0.3) is 0 Å². The third-order valence-electron chi connectivity index (χ3n) is 4.00. The molecule has 0 saturated heterocycles. The van der Waals surface area contributed by atoms with Gasteiger partial charge in [-0.15, -0.1) is 0 Å². The zero-order valence-electron chi connectivity index (χ0n) is 11.2. The second-order valence-corrected chi connectivity index (χ2v) is 5.46. The van der Waals surface area contributed by atoms with Gasteiger partial charge in [-0.3, -0.25) is 9.59 Å². The molecule has 5 heteroatoms. The number of hydrogen-bond acceptors (Lipinski definition) is 3. The summed E-state index contributed by atoms with van der Waals surface area (Å²) in [6.45, 7) is 3.92. The number of amides is 1. The van der Waals surface area contributed by atoms with Gasteiger partial charge in [0.1, 0.15) is 0 Å². The van der Waals surface area contributed by atoms with Gasteiger partial charge in [-0.05, 0) is 18.8 Å². The predicted molar refractivity (Wildman–Crippen MR) is 69.0 cm³/mol. The van der Waals surface area contributed by atoms with E-state index in [1.807, 2.05) is 13.8 Å². The minimum Gasteiger partial charge on any atom is -0.481 e. The quantitative estimate of drug-likeness (QED) is 0.667. The second kappa shape index (κ2) is 6.18. The lowest BCUT2D eigenvalue weighted by Gasteiger charge is -2.31. The zero-order valence-corrected chi connectivity index (χ0v) is 11.2. The summed E-state index contributed by atoms with van der Waals surface area (Å²) in [5.41, 5.74) is 5.30. The smallest absolute Gasteiger partial charge is 0.305 e. The van der Waals surface area contributed by atoms with Crippen molar-refractivity contribution in [1.29, 1.82) is 0 Å². The first kappa shape index (κ1) is 15.0. The van der Waals surface area contributed by atoms with E-state index in [9.17, 15) is 9.59 Å². The number of carboxylic acid groups (broad SMARTS) is 1. The van der Waals surface area contributed by atoms with Gasteiger partial charge in [-0.2, -0.15) is 0 Å². The number of carbonyl (C=O) groups excluding carboxylic acids is 1. The van der Waals surface area contributed by atoms with Crippen molar-refractivity contribution >= 4 is 11.9 Å². The number of nitrogens with two attached hydrogens (primary N) is 1. The zero-order chi connectivity index (χ0) is 13.8. The van der Waals surface area contributed by atoms with Gasteiger partial charge in [0.15, 0.2) is 0 Å². The summed E-state index contributed by atoms with van der Waals surface area (Å²) in [6, 6.07) is -0.554. The molecule has 0 spiro atoms. The molecule has 1 saturated carbocycles. The number of hydrogen-bond donors (Lipinski definition) is 3. The van der Waals surface area contributed by atoms with E-state index in [-0.39, 0.29) is 18.2 Å². The SMILES string of the molecule is CCC(C)C(N)C(=O)NC1(CC(=O)O)CCCC1. The topological polar surface area (TPSA) is 92.4 Å². The fourth-order valence-electron chi connectivity index (χ4n) is 2.54. The van der Waals surface area contributed by atoms with Crippen LogP contribution in [-0.4, -0.2) is 28.6 Å². The van der Waals surface area contributed by atoms with Crippen LogP contribution in [-0.2, 0) is 9.59 Å². The van der Waals surface area contributed by atoms with Gasteiger partial charge >= 0.3 is 5.97 Å². The van der Waals surface area contributed by atoms with E-state index in [4.69, 9.17) is 10.8 Å². The van der Waals surface area contributed by atoms with E-state index in [1.165, 1.54) is 0 Å². The van der Waals surface area contributed by atoms with Gasteiger partial charge in [0.25, 0.3) is 0 Å². The summed E-state index contributed by atoms with van der Waals surface area (Å²) in [5, 5.41) is 11.9. The summed E-state index contributed by atoms with van der Waals surface area (Å²) in [7, 11) is 0. The first-order valence-electron chi connectivity index (χ1n) is 6.69. The van der Waals surface area contributed by atoms with Crippen molar-refractivity contribution in [3.63, 3.8) is 0 Å². The number of aliphatic carboxylic acids is 1. The summed E-state index contributed by atoms with van der Waals surface area (Å²) in [6.07, 6.45) is 4.22. The Morgan fingerprint density at radius 3 is 2.39 bits per heavy atom. The number of nitrogens with one attached hydrogen (secondary N) is 1. The van der Waals surface area contributed by atoms with Gasteiger partial charge in [0.2, 0.25) is 5.91 Å². The van der Waals surface area contributed by atoms with E-state index < -0.39 is 17.6 Å². The molecule has 5 nitrogen and oxygen atoms in total. The Morgan fingerprint density at radius 1 is 1.39 bits per heavy atom. The average Bonchev–Trinajstić information content (AvgIpc) is 2.74. The van der Waals surface area contributed by atoms with E-state index >= 15 is 0 Å². The molecule has 4 N–H and O–H groups in total. The lowest BCUT2D eigenvalue weighted by atomic mass is 9.91. The predicted octanol–water partition coefficient (Wildman–Crippen LogP) is 1.26. The van der Waals surface area contributed by atoms with Crippen LogP contribution in [0.4, 0.5) is 0 Å². The van der Waals surface area contributed by atoms with E-state index in [0.717, 1.165) is 32.1 Å². The fourth-order valence-corrected chi connectivity index (χ4v) is 2.54. The summed E-state index contributed by atoms with van der Waals surface area (Å²) >= 11 is 0. The van der Waals surface area contributed by atoms with Crippen LogP contribution in [0.15, 0.2) is 0 Å². The van der Waals surface area contributed by atoms with Crippen LogP contribution in [0.3, 0.4) is 0 Å². The molecule has 0 radical (unpaired) electrons. The van der Waals surface area contributed by atoms with Crippen molar-refractivity contribution in [2.45, 2.75) is 64.0 Å². The standard InChI is InChI=1S/C13H24N2O3/c1-3-9(2)11(14)12(18)15-13(8-10(16)17)6-4-5-7-13/h9,11H,3-8,14H2,1-2H3,(H,15,18)(H,16,17). The normalized spacial score (nSPS) is 21.3. The number of carboxylic acids is 1. The molecule has 0 heterocycles. The molecule has 1 amide bonds. The third-order valence-corrected chi connectivity index (χ3v) is 4.00. The Morgan fingerprint density at radius 2 is 1.94 bits per heavy atom. The second-order valence-electron chi connectivity index (χ2n) is 5.46. The molecular weight excluding hydrogens is 232 g/mol. The molecule has 1 aliphatic rings. The Kier molecular flexibility index (Phi) is 5.14. The number of carbonyl (C=O) groups is 2. The lowest BCUT2D eigenvalue weighted by molar-refractivity contribution is -0.139. The van der Waals surface area contributed by atoms with Crippen molar-refractivity contribution in [3.8, 4) is 0 Å². The van der Waals surface area contributed by atoms with Crippen molar-refractivity contribution in [1.82, 2.24) is 5.32 Å². The van der Waals surface area contributed by atoms with Crippen LogP contribution >= 0.6 is 0 Å². The van der Waals surface area contributed by atoms with Gasteiger partial charge < -0.3 is 16.2 Å². The molecule has 0 aromatic rings. The third kappa shape index (κ3) is 3.70. The Hall–Kier alpha value is -1.10. The average molecular weight is 256 g/mol. The summed E-state index contributed by atoms with van der Waals surface area (Å²) < 4.78 is 0. The van der Waals surface area contributed by atoms with Crippen LogP contribution < -0.4 is 11.1 Å². The minimum absolute atomic E-state index is 0.00797. The molecule has 1 aliphatic carbocycles. The number of rotatable bonds is 6. The molecule has 2 atom stereocenters. The monoisotopic (exact) mass is 256 g/mol. The first-order chi connectivity index (χ1) is 8.40. The molecule has 2 unspecified atom stereocenters. The summed E-state index contributed by atoms with van der Waals surface area (Å²) in [5.74, 6) is -0.977. The van der Waals surface area contributed by atoms with Crippen molar-refractivity contribution in [2.75, 3.05) is 0 Å². The molecule has 1 fully saturated rings. The van der Waals surface area contributed by atoms with Gasteiger partial charge in [0.05, 0.1) is 18.0 Å². The van der Waals surface area contributed by atoms with Crippen LogP contribution in [0.1, 0.15) is 52.4 Å². The molecule has 0 aromatic carbocycles. The molecule has 0 aromatic heterocycles. The maximum absolute atomic E-state index is 12.1. The van der Waals surface area contributed by atoms with E-state index in [0.29, 0.717) is 0 Å². The minimum atomic E-state index is -0.866. The van der Waals surface area contributed by atoms with Crippen LogP contribution in [0.5, 0.6) is 0 Å². The highest BCUT2D eigenvalue weighted by Gasteiger charge is 2.38. The molecule has 18 heavy (non-hydrogen) atoms. The van der Waals surface area contributed by atoms with Crippen molar-refractivity contribution < 1.29 is 14.7 Å². The molecule has 1 rings (SSSR count). The maximum Gasteiger partial charge on any atom is 0.305 e. The van der Waals surface area contributed by atoms with E-state index in [2.05, 4.69) is 5.32 Å². The molecule has 0 aliphatic heterocycles. The molecule has 0 bridgehead atoms. The Labute approximate surface area is 108 Å². The lowest BCUT2D eigenvalue weighted by Crippen LogP contribution is -2.54. The summed E-state index contributed by atoms with van der Waals surface area (Å²) in [4.78, 5) is 23.0. The van der Waals surface area contributed by atoms with Gasteiger partial charge in [0, 0.05) is 0 Å². The van der Waals surface area contributed by atoms with Crippen LogP contribution in [0.2, 0.25) is 0 Å². The maximum atomic E-state index is 12.1. The first-order valence-corrected chi connectivity index (χ1v) is 6.69. The van der Waals surface area contributed by atoms with Crippen molar-refractivity contribution in [2.24, 2.45) is 11.7 Å². The fraction of sp³-hybridized carbons (Fsp3) is 0.846. The Balaban J connectivity index is 2.66. The highest BCUT2D eigenvalue weighted by molar-refractivity contribution is 5.83. The highest BCUT2D eigenvalue weighted by atomic mass is 16.4. The van der Waals surface area contributed by atoms with Crippen LogP contribution in [0, 0.1) is 5.92 Å². The molecule has 104 valence electrons. The Bertz CT molecular complexity index is 311. The van der Waals surface area contributed by atoms with Crippen molar-refractivity contribution in [3.05, 3.63) is 0 Å². The van der Waals surface area contributed by atoms with Gasteiger partial charge in [-0.1, -0.05) is 33.1 Å². The molecular formula is C13H24N2O3.